The zero-order chi connectivity index (χ0) is 13.6. The van der Waals surface area contributed by atoms with Gasteiger partial charge < -0.3 is 10.4 Å². The van der Waals surface area contributed by atoms with Crippen LogP contribution in [-0.2, 0) is 9.59 Å². The highest BCUT2D eigenvalue weighted by atomic mass is 19.4. The number of nitrogens with one attached hydrogen (secondary N) is 1. The molecule has 0 fully saturated rings. The van der Waals surface area contributed by atoms with Crippen molar-refractivity contribution < 1.29 is 27.9 Å². The second kappa shape index (κ2) is 6.43. The van der Waals surface area contributed by atoms with E-state index in [0.717, 1.165) is 11.8 Å². The van der Waals surface area contributed by atoms with Crippen LogP contribution in [0.3, 0.4) is 0 Å². The lowest BCUT2D eigenvalue weighted by molar-refractivity contribution is -0.151. The summed E-state index contributed by atoms with van der Waals surface area (Å²) in [7, 11) is 0. The van der Waals surface area contributed by atoms with E-state index in [2.05, 4.69) is 5.32 Å². The maximum absolute atomic E-state index is 12.1. The zero-order valence-electron chi connectivity index (χ0n) is 9.54. The lowest BCUT2D eigenvalue weighted by Gasteiger charge is -2.25. The topological polar surface area (TPSA) is 69.6 Å². The standard InChI is InChI=1S/C9H15F3N2O3/c1-3-14(5-9(10,11)12)4-7(8(16)17)13-6(2)15/h7H,3-5H2,1-2H3,(H,13,15)(H,16,17). The van der Waals surface area contributed by atoms with Gasteiger partial charge in [-0.05, 0) is 6.54 Å². The second-order valence-corrected chi connectivity index (χ2v) is 3.53. The molecule has 1 atom stereocenters. The molecule has 1 unspecified atom stereocenters. The first-order valence-electron chi connectivity index (χ1n) is 4.94. The van der Waals surface area contributed by atoms with Crippen LogP contribution in [0.25, 0.3) is 0 Å². The van der Waals surface area contributed by atoms with Crippen LogP contribution in [0.5, 0.6) is 0 Å². The summed E-state index contributed by atoms with van der Waals surface area (Å²) in [5.41, 5.74) is 0. The molecule has 100 valence electrons. The number of amides is 1. The average molecular weight is 256 g/mol. The molecule has 0 heterocycles. The molecule has 0 saturated carbocycles. The van der Waals surface area contributed by atoms with Gasteiger partial charge in [-0.25, -0.2) is 4.79 Å². The molecule has 0 aromatic carbocycles. The molecule has 8 heteroatoms. The number of carbonyl (C=O) groups is 2. The number of carbonyl (C=O) groups excluding carboxylic acids is 1. The predicted octanol–water partition coefficient (Wildman–Crippen LogP) is 0.460. The van der Waals surface area contributed by atoms with Crippen molar-refractivity contribution in [2.75, 3.05) is 19.6 Å². The minimum Gasteiger partial charge on any atom is -0.480 e. The van der Waals surface area contributed by atoms with Crippen molar-refractivity contribution in [3.05, 3.63) is 0 Å². The maximum atomic E-state index is 12.1. The molecule has 0 radical (unpaired) electrons. The zero-order valence-corrected chi connectivity index (χ0v) is 9.54. The number of likely N-dealkylation sites (N-methyl/N-ethyl adjacent to an activating group) is 1. The van der Waals surface area contributed by atoms with Gasteiger partial charge in [-0.3, -0.25) is 9.69 Å². The number of rotatable bonds is 6. The van der Waals surface area contributed by atoms with Gasteiger partial charge in [0, 0.05) is 13.5 Å². The van der Waals surface area contributed by atoms with Crippen LogP contribution in [0.4, 0.5) is 13.2 Å². The second-order valence-electron chi connectivity index (χ2n) is 3.53. The molecule has 0 aromatic heterocycles. The van der Waals surface area contributed by atoms with Crippen molar-refractivity contribution in [3.8, 4) is 0 Å². The van der Waals surface area contributed by atoms with Gasteiger partial charge in [-0.2, -0.15) is 13.2 Å². The Labute approximate surface area is 96.6 Å². The minimum atomic E-state index is -4.39. The molecule has 0 spiro atoms. The summed E-state index contributed by atoms with van der Waals surface area (Å²) in [4.78, 5) is 22.3. The largest absolute Gasteiger partial charge is 0.480 e. The van der Waals surface area contributed by atoms with Gasteiger partial charge in [-0.15, -0.1) is 0 Å². The number of nitrogens with zero attached hydrogens (tertiary/aromatic N) is 1. The van der Waals surface area contributed by atoms with Crippen molar-refractivity contribution in [3.63, 3.8) is 0 Å². The van der Waals surface area contributed by atoms with Gasteiger partial charge in [-0.1, -0.05) is 6.92 Å². The van der Waals surface area contributed by atoms with E-state index in [0.29, 0.717) is 0 Å². The average Bonchev–Trinajstić information content (AvgIpc) is 2.12. The predicted molar refractivity (Wildman–Crippen MR) is 53.4 cm³/mol. The lowest BCUT2D eigenvalue weighted by Crippen LogP contribution is -2.49. The third-order valence-electron chi connectivity index (χ3n) is 1.97. The van der Waals surface area contributed by atoms with Crippen molar-refractivity contribution in [2.45, 2.75) is 26.1 Å². The number of aliphatic carboxylic acids is 1. The summed E-state index contributed by atoms with van der Waals surface area (Å²) in [5, 5.41) is 10.8. The van der Waals surface area contributed by atoms with Gasteiger partial charge in [0.15, 0.2) is 0 Å². The van der Waals surface area contributed by atoms with Crippen LogP contribution in [0.1, 0.15) is 13.8 Å². The number of alkyl halides is 3. The molecule has 0 aliphatic heterocycles. The lowest BCUT2D eigenvalue weighted by atomic mass is 10.2. The van der Waals surface area contributed by atoms with E-state index < -0.39 is 30.6 Å². The first-order chi connectivity index (χ1) is 7.65. The Morgan fingerprint density at radius 2 is 1.94 bits per heavy atom. The molecular weight excluding hydrogens is 241 g/mol. The fourth-order valence-corrected chi connectivity index (χ4v) is 1.25. The molecule has 2 N–H and O–H groups in total. The van der Waals surface area contributed by atoms with E-state index >= 15 is 0 Å². The number of carboxylic acid groups (broad SMARTS) is 1. The molecule has 0 bridgehead atoms. The molecule has 0 aliphatic rings. The fourth-order valence-electron chi connectivity index (χ4n) is 1.25. The van der Waals surface area contributed by atoms with E-state index in [1.54, 1.807) is 0 Å². The normalized spacial score (nSPS) is 13.5. The summed E-state index contributed by atoms with van der Waals surface area (Å²) in [6.07, 6.45) is -4.39. The van der Waals surface area contributed by atoms with E-state index in [1.165, 1.54) is 6.92 Å². The quantitative estimate of drug-likeness (QED) is 0.724. The summed E-state index contributed by atoms with van der Waals surface area (Å²) in [5.74, 6) is -1.96. The van der Waals surface area contributed by atoms with Gasteiger partial charge in [0.2, 0.25) is 5.91 Å². The van der Waals surface area contributed by atoms with Gasteiger partial charge in [0.25, 0.3) is 0 Å². The minimum absolute atomic E-state index is 0.0445. The fraction of sp³-hybridized carbons (Fsp3) is 0.778. The van der Waals surface area contributed by atoms with Crippen molar-refractivity contribution in [1.82, 2.24) is 10.2 Å². The number of halogens is 3. The maximum Gasteiger partial charge on any atom is 0.401 e. The molecule has 0 rings (SSSR count). The van der Waals surface area contributed by atoms with Crippen LogP contribution < -0.4 is 5.32 Å². The van der Waals surface area contributed by atoms with Gasteiger partial charge in [0.1, 0.15) is 6.04 Å². The first-order valence-corrected chi connectivity index (χ1v) is 4.94. The van der Waals surface area contributed by atoms with Crippen LogP contribution in [0, 0.1) is 0 Å². The molecular formula is C9H15F3N2O3. The number of hydrogen-bond donors (Lipinski definition) is 2. The molecule has 0 saturated heterocycles. The van der Waals surface area contributed by atoms with E-state index in [9.17, 15) is 22.8 Å². The Morgan fingerprint density at radius 1 is 1.41 bits per heavy atom. The Bertz CT molecular complexity index is 281. The highest BCUT2D eigenvalue weighted by Gasteiger charge is 2.32. The number of hydrogen-bond acceptors (Lipinski definition) is 3. The number of carboxylic acids is 1. The van der Waals surface area contributed by atoms with Gasteiger partial charge >= 0.3 is 12.1 Å². The van der Waals surface area contributed by atoms with Crippen LogP contribution in [0.2, 0.25) is 0 Å². The first kappa shape index (κ1) is 15.7. The Kier molecular flexibility index (Phi) is 5.94. The smallest absolute Gasteiger partial charge is 0.401 e. The van der Waals surface area contributed by atoms with Crippen molar-refractivity contribution in [1.29, 1.82) is 0 Å². The molecule has 0 aliphatic carbocycles. The Hall–Kier alpha value is -1.31. The monoisotopic (exact) mass is 256 g/mol. The van der Waals surface area contributed by atoms with Crippen molar-refractivity contribution in [2.24, 2.45) is 0 Å². The Morgan fingerprint density at radius 3 is 2.24 bits per heavy atom. The summed E-state index contributed by atoms with van der Waals surface area (Å²) >= 11 is 0. The van der Waals surface area contributed by atoms with Crippen LogP contribution in [0.15, 0.2) is 0 Å². The van der Waals surface area contributed by atoms with Crippen molar-refractivity contribution >= 4 is 11.9 Å². The summed E-state index contributed by atoms with van der Waals surface area (Å²) < 4.78 is 36.4. The van der Waals surface area contributed by atoms with E-state index in [1.807, 2.05) is 0 Å². The SMILES string of the molecule is CCN(CC(NC(C)=O)C(=O)O)CC(F)(F)F. The van der Waals surface area contributed by atoms with Crippen LogP contribution in [-0.4, -0.2) is 53.7 Å². The van der Waals surface area contributed by atoms with Gasteiger partial charge in [0.05, 0.1) is 6.54 Å². The van der Waals surface area contributed by atoms with E-state index in [-0.39, 0.29) is 13.1 Å². The highest BCUT2D eigenvalue weighted by molar-refractivity contribution is 5.82. The summed E-state index contributed by atoms with van der Waals surface area (Å²) in [6.45, 7) is 1.05. The molecule has 5 nitrogen and oxygen atoms in total. The highest BCUT2D eigenvalue weighted by Crippen LogP contribution is 2.16. The molecule has 1 amide bonds. The molecule has 17 heavy (non-hydrogen) atoms. The van der Waals surface area contributed by atoms with Crippen LogP contribution >= 0.6 is 0 Å². The molecule has 0 aromatic rings. The summed E-state index contributed by atoms with van der Waals surface area (Å²) in [6, 6.07) is -1.34. The third kappa shape index (κ3) is 7.56. The Balaban J connectivity index is 4.49. The van der Waals surface area contributed by atoms with E-state index in [4.69, 9.17) is 5.11 Å². The third-order valence-corrected chi connectivity index (χ3v) is 1.97.